The van der Waals surface area contributed by atoms with Crippen molar-refractivity contribution < 1.29 is 14.0 Å². The quantitative estimate of drug-likeness (QED) is 0.602. The van der Waals surface area contributed by atoms with E-state index in [4.69, 9.17) is 11.6 Å². The van der Waals surface area contributed by atoms with Gasteiger partial charge < -0.3 is 10.2 Å². The number of nitrogens with one attached hydrogen (secondary N) is 1. The first kappa shape index (κ1) is 23.4. The molecule has 0 atom stereocenters. The van der Waals surface area contributed by atoms with Crippen LogP contribution in [0.5, 0.6) is 0 Å². The van der Waals surface area contributed by atoms with E-state index in [1.165, 1.54) is 17.8 Å². The highest BCUT2D eigenvalue weighted by atomic mass is 35.5. The van der Waals surface area contributed by atoms with E-state index < -0.39 is 11.7 Å². The summed E-state index contributed by atoms with van der Waals surface area (Å²) < 4.78 is 13.9. The van der Waals surface area contributed by atoms with Crippen molar-refractivity contribution in [2.75, 3.05) is 18.4 Å². The zero-order chi connectivity index (χ0) is 23.5. The minimum Gasteiger partial charge on any atom is -0.342 e. The molecule has 2 fully saturated rings. The fraction of sp³-hybridized carbons (Fsp3) is 0.423. The Balaban J connectivity index is 1.51. The van der Waals surface area contributed by atoms with Crippen LogP contribution in [-0.4, -0.2) is 34.8 Å². The van der Waals surface area contributed by atoms with E-state index in [-0.39, 0.29) is 17.2 Å². The van der Waals surface area contributed by atoms with Crippen molar-refractivity contribution in [3.63, 3.8) is 0 Å². The molecule has 1 aromatic heterocycles. The van der Waals surface area contributed by atoms with Crippen LogP contribution >= 0.6 is 11.6 Å². The summed E-state index contributed by atoms with van der Waals surface area (Å²) >= 11 is 6.31. The molecular formula is C26H29ClFN3O2. The van der Waals surface area contributed by atoms with E-state index in [0.717, 1.165) is 62.7 Å². The Hall–Kier alpha value is -2.73. The molecule has 2 amide bonds. The molecule has 1 saturated carbocycles. The normalized spacial score (nSPS) is 16.7. The molecule has 7 heteroatoms. The van der Waals surface area contributed by atoms with Crippen molar-refractivity contribution in [3.8, 4) is 0 Å². The topological polar surface area (TPSA) is 62.3 Å². The summed E-state index contributed by atoms with van der Waals surface area (Å²) in [7, 11) is 0. The first-order valence-electron chi connectivity index (χ1n) is 11.5. The summed E-state index contributed by atoms with van der Waals surface area (Å²) in [5.74, 6) is -0.439. The first-order valence-corrected chi connectivity index (χ1v) is 11.9. The number of carbonyl (C=O) groups is 2. The number of piperidine rings is 1. The summed E-state index contributed by atoms with van der Waals surface area (Å²) in [5.41, 5.74) is 3.88. The molecule has 1 aliphatic carbocycles. The van der Waals surface area contributed by atoms with Crippen LogP contribution < -0.4 is 5.32 Å². The Bertz CT molecular complexity index is 1100. The Labute approximate surface area is 199 Å². The fourth-order valence-corrected chi connectivity index (χ4v) is 4.96. The molecule has 5 nitrogen and oxygen atoms in total. The first-order chi connectivity index (χ1) is 15.8. The van der Waals surface area contributed by atoms with Gasteiger partial charge in [-0.1, -0.05) is 36.1 Å². The fourth-order valence-electron chi connectivity index (χ4n) is 4.68. The lowest BCUT2D eigenvalue weighted by Gasteiger charge is -2.30. The molecule has 0 spiro atoms. The second kappa shape index (κ2) is 10.0. The van der Waals surface area contributed by atoms with Crippen LogP contribution in [0, 0.1) is 25.6 Å². The van der Waals surface area contributed by atoms with Gasteiger partial charge in [-0.15, -0.1) is 0 Å². The number of anilines is 1. The predicted molar refractivity (Wildman–Crippen MR) is 129 cm³/mol. The van der Waals surface area contributed by atoms with E-state index in [1.807, 2.05) is 17.9 Å². The van der Waals surface area contributed by atoms with Crippen LogP contribution in [0.4, 0.5) is 10.1 Å². The number of amides is 2. The van der Waals surface area contributed by atoms with Crippen molar-refractivity contribution in [3.05, 3.63) is 63.2 Å². The van der Waals surface area contributed by atoms with Gasteiger partial charge in [-0.3, -0.25) is 14.6 Å². The third kappa shape index (κ3) is 5.44. The molecule has 1 saturated heterocycles. The molecule has 1 N–H and O–H groups in total. The maximum absolute atomic E-state index is 13.9. The molecule has 2 aliphatic rings. The van der Waals surface area contributed by atoms with Gasteiger partial charge in [0.2, 0.25) is 5.91 Å². The Morgan fingerprint density at radius 1 is 1.15 bits per heavy atom. The van der Waals surface area contributed by atoms with Crippen molar-refractivity contribution >= 4 is 35.2 Å². The zero-order valence-electron chi connectivity index (χ0n) is 19.1. The molecule has 1 aromatic carbocycles. The highest BCUT2D eigenvalue weighted by Gasteiger charge is 2.28. The van der Waals surface area contributed by atoms with Crippen molar-refractivity contribution in [1.82, 2.24) is 9.88 Å². The minimum atomic E-state index is -0.517. The standard InChI is InChI=1S/C26H29ClFN3O2/c1-16-11-22(27)13-20(24(16)30-25(32)21-14-23(28)17(2)29-15-21)12-18-7-9-31(10-8-18)26(33)19-5-3-4-6-19/h11-15,19H,3-10H2,1-2H3,(H,30,32). The maximum Gasteiger partial charge on any atom is 0.257 e. The van der Waals surface area contributed by atoms with E-state index in [0.29, 0.717) is 16.6 Å². The molecule has 0 bridgehead atoms. The number of hydrogen-bond donors (Lipinski definition) is 1. The number of rotatable bonds is 4. The van der Waals surface area contributed by atoms with E-state index >= 15 is 0 Å². The van der Waals surface area contributed by atoms with Gasteiger partial charge in [-0.05, 0) is 68.9 Å². The number of aryl methyl sites for hydroxylation is 2. The van der Waals surface area contributed by atoms with Gasteiger partial charge in [0.15, 0.2) is 0 Å². The number of nitrogens with zero attached hydrogens (tertiary/aromatic N) is 2. The van der Waals surface area contributed by atoms with Gasteiger partial charge in [0.05, 0.1) is 16.9 Å². The maximum atomic E-state index is 13.9. The molecule has 0 radical (unpaired) electrons. The van der Waals surface area contributed by atoms with Gasteiger partial charge >= 0.3 is 0 Å². The van der Waals surface area contributed by atoms with Crippen molar-refractivity contribution in [2.45, 2.75) is 52.4 Å². The van der Waals surface area contributed by atoms with Crippen LogP contribution in [0.1, 0.15) is 65.7 Å². The van der Waals surface area contributed by atoms with E-state index in [2.05, 4.69) is 16.4 Å². The van der Waals surface area contributed by atoms with Gasteiger partial charge in [-0.25, -0.2) is 4.39 Å². The van der Waals surface area contributed by atoms with Gasteiger partial charge in [-0.2, -0.15) is 0 Å². The third-order valence-electron chi connectivity index (χ3n) is 6.64. The monoisotopic (exact) mass is 469 g/mol. The molecule has 2 aromatic rings. The molecule has 33 heavy (non-hydrogen) atoms. The highest BCUT2D eigenvalue weighted by Crippen LogP contribution is 2.32. The van der Waals surface area contributed by atoms with Crippen molar-refractivity contribution in [2.24, 2.45) is 5.92 Å². The summed E-state index contributed by atoms with van der Waals surface area (Å²) in [6.45, 7) is 4.87. The lowest BCUT2D eigenvalue weighted by Crippen LogP contribution is -2.39. The Morgan fingerprint density at radius 3 is 2.52 bits per heavy atom. The summed E-state index contributed by atoms with van der Waals surface area (Å²) in [6.07, 6.45) is 9.36. The molecule has 0 unspecified atom stereocenters. The lowest BCUT2D eigenvalue weighted by molar-refractivity contribution is -0.135. The van der Waals surface area contributed by atoms with Crippen LogP contribution in [0.25, 0.3) is 6.08 Å². The van der Waals surface area contributed by atoms with Gasteiger partial charge in [0.1, 0.15) is 5.82 Å². The molecule has 4 rings (SSSR count). The Kier molecular flexibility index (Phi) is 7.13. The summed E-state index contributed by atoms with van der Waals surface area (Å²) in [5, 5.41) is 3.49. The van der Waals surface area contributed by atoms with Crippen LogP contribution in [-0.2, 0) is 4.79 Å². The number of benzene rings is 1. The smallest absolute Gasteiger partial charge is 0.257 e. The second-order valence-corrected chi connectivity index (χ2v) is 9.48. The van der Waals surface area contributed by atoms with Crippen LogP contribution in [0.15, 0.2) is 30.0 Å². The van der Waals surface area contributed by atoms with Gasteiger partial charge in [0.25, 0.3) is 5.91 Å². The second-order valence-electron chi connectivity index (χ2n) is 9.04. The third-order valence-corrected chi connectivity index (χ3v) is 6.86. The van der Waals surface area contributed by atoms with Crippen LogP contribution in [0.2, 0.25) is 5.02 Å². The number of hydrogen-bond acceptors (Lipinski definition) is 3. The lowest BCUT2D eigenvalue weighted by atomic mass is 9.97. The average Bonchev–Trinajstić information content (AvgIpc) is 3.33. The molecule has 1 aliphatic heterocycles. The van der Waals surface area contributed by atoms with E-state index in [9.17, 15) is 14.0 Å². The predicted octanol–water partition coefficient (Wildman–Crippen LogP) is 5.94. The summed E-state index contributed by atoms with van der Waals surface area (Å²) in [4.78, 5) is 31.4. The highest BCUT2D eigenvalue weighted by molar-refractivity contribution is 6.31. The number of pyridine rings is 1. The zero-order valence-corrected chi connectivity index (χ0v) is 19.8. The SMILES string of the molecule is Cc1cc(Cl)cc(C=C2CCN(C(=O)C3CCCC3)CC2)c1NC(=O)c1cnc(C)c(F)c1. The van der Waals surface area contributed by atoms with Crippen molar-refractivity contribution in [1.29, 1.82) is 0 Å². The van der Waals surface area contributed by atoms with Crippen LogP contribution in [0.3, 0.4) is 0 Å². The van der Waals surface area contributed by atoms with Gasteiger partial charge in [0, 0.05) is 30.2 Å². The average molecular weight is 470 g/mol. The molecule has 2 heterocycles. The number of aromatic nitrogens is 1. The Morgan fingerprint density at radius 2 is 1.85 bits per heavy atom. The number of carbonyl (C=O) groups excluding carboxylic acids is 2. The molecular weight excluding hydrogens is 441 g/mol. The molecule has 174 valence electrons. The minimum absolute atomic E-state index is 0.157. The summed E-state index contributed by atoms with van der Waals surface area (Å²) in [6, 6.07) is 4.80. The number of halogens is 2. The van der Waals surface area contributed by atoms with E-state index in [1.54, 1.807) is 13.0 Å². The number of likely N-dealkylation sites (tertiary alicyclic amines) is 1. The largest absolute Gasteiger partial charge is 0.342 e.